The fourth-order valence-electron chi connectivity index (χ4n) is 1.54. The number of nitrogens with one attached hydrogen (secondary N) is 3. The molecule has 0 unspecified atom stereocenters. The van der Waals surface area contributed by atoms with Gasteiger partial charge in [-0.05, 0) is 19.1 Å². The Bertz CT molecular complexity index is 455. The van der Waals surface area contributed by atoms with Crippen LogP contribution in [0.1, 0.15) is 15.9 Å². The molecule has 5 nitrogen and oxygen atoms in total. The first kappa shape index (κ1) is 15.9. The minimum Gasteiger partial charge on any atom is -0.353 e. The zero-order valence-electron chi connectivity index (χ0n) is 11.7. The lowest BCUT2D eigenvalue weighted by molar-refractivity contribution is -0.120. The van der Waals surface area contributed by atoms with E-state index >= 15 is 0 Å². The summed E-state index contributed by atoms with van der Waals surface area (Å²) >= 11 is 0. The number of rotatable bonds is 8. The number of benzene rings is 1. The van der Waals surface area contributed by atoms with Gasteiger partial charge in [0, 0.05) is 25.2 Å². The highest BCUT2D eigenvalue weighted by molar-refractivity contribution is 5.94. The lowest BCUT2D eigenvalue weighted by Gasteiger charge is -2.07. The van der Waals surface area contributed by atoms with Crippen molar-refractivity contribution in [2.45, 2.75) is 6.92 Å². The van der Waals surface area contributed by atoms with Crippen molar-refractivity contribution in [3.05, 3.63) is 48.0 Å². The fourth-order valence-corrected chi connectivity index (χ4v) is 1.54. The van der Waals surface area contributed by atoms with E-state index in [4.69, 9.17) is 0 Å². The molecule has 108 valence electrons. The average molecular weight is 275 g/mol. The number of aryl methyl sites for hydroxylation is 1. The van der Waals surface area contributed by atoms with Gasteiger partial charge in [0.05, 0.1) is 6.54 Å². The first-order valence-corrected chi connectivity index (χ1v) is 6.56. The molecule has 0 spiro atoms. The number of carbonyl (C=O) groups is 2. The second-order valence-corrected chi connectivity index (χ2v) is 4.39. The van der Waals surface area contributed by atoms with Gasteiger partial charge in [-0.25, -0.2) is 0 Å². The molecule has 0 atom stereocenters. The van der Waals surface area contributed by atoms with Crippen LogP contribution in [-0.4, -0.2) is 38.0 Å². The van der Waals surface area contributed by atoms with Crippen LogP contribution in [-0.2, 0) is 4.79 Å². The third-order valence-corrected chi connectivity index (χ3v) is 2.62. The van der Waals surface area contributed by atoms with Gasteiger partial charge >= 0.3 is 0 Å². The molecule has 1 rings (SSSR count). The molecule has 0 aromatic heterocycles. The molecule has 3 N–H and O–H groups in total. The molecule has 0 saturated carbocycles. The Morgan fingerprint density at radius 3 is 2.45 bits per heavy atom. The Kier molecular flexibility index (Phi) is 7.06. The van der Waals surface area contributed by atoms with E-state index in [2.05, 4.69) is 22.5 Å². The summed E-state index contributed by atoms with van der Waals surface area (Å²) in [7, 11) is 0. The van der Waals surface area contributed by atoms with Gasteiger partial charge in [-0.1, -0.05) is 23.8 Å². The lowest BCUT2D eigenvalue weighted by atomic mass is 10.1. The van der Waals surface area contributed by atoms with Crippen LogP contribution in [0.2, 0.25) is 0 Å². The normalized spacial score (nSPS) is 9.85. The Morgan fingerprint density at radius 2 is 1.80 bits per heavy atom. The largest absolute Gasteiger partial charge is 0.353 e. The molecule has 0 fully saturated rings. The molecular formula is C15H21N3O2. The van der Waals surface area contributed by atoms with Gasteiger partial charge in [-0.3, -0.25) is 9.59 Å². The van der Waals surface area contributed by atoms with Gasteiger partial charge in [0.25, 0.3) is 5.91 Å². The van der Waals surface area contributed by atoms with Crippen molar-refractivity contribution in [1.29, 1.82) is 0 Å². The van der Waals surface area contributed by atoms with E-state index in [1.807, 2.05) is 19.1 Å². The van der Waals surface area contributed by atoms with Crippen molar-refractivity contribution >= 4 is 11.8 Å². The van der Waals surface area contributed by atoms with Gasteiger partial charge < -0.3 is 16.0 Å². The number of hydrogen-bond acceptors (Lipinski definition) is 3. The van der Waals surface area contributed by atoms with Gasteiger partial charge in [0.15, 0.2) is 0 Å². The Morgan fingerprint density at radius 1 is 1.15 bits per heavy atom. The molecule has 0 aliphatic carbocycles. The summed E-state index contributed by atoms with van der Waals surface area (Å²) in [6, 6.07) is 7.34. The Hall–Kier alpha value is -2.14. The maximum absolute atomic E-state index is 11.8. The molecule has 1 aromatic carbocycles. The summed E-state index contributed by atoms with van der Waals surface area (Å²) in [5.74, 6) is -0.236. The minimum absolute atomic E-state index is 0.101. The van der Waals surface area contributed by atoms with Crippen LogP contribution in [0.25, 0.3) is 0 Å². The minimum atomic E-state index is -0.135. The molecule has 0 aliphatic heterocycles. The molecule has 20 heavy (non-hydrogen) atoms. The van der Waals surface area contributed by atoms with Crippen molar-refractivity contribution in [2.24, 2.45) is 0 Å². The van der Waals surface area contributed by atoms with Crippen LogP contribution < -0.4 is 16.0 Å². The standard InChI is InChI=1S/C15H21N3O2/c1-3-8-16-11-14(19)17-9-10-18-15(20)13-6-4-12(2)5-7-13/h3-7,16H,1,8-11H2,2H3,(H,17,19)(H,18,20). The van der Waals surface area contributed by atoms with E-state index in [0.717, 1.165) is 5.56 Å². The van der Waals surface area contributed by atoms with Gasteiger partial charge in [-0.2, -0.15) is 0 Å². The van der Waals surface area contributed by atoms with Crippen LogP contribution in [0, 0.1) is 6.92 Å². The summed E-state index contributed by atoms with van der Waals surface area (Å²) in [6.45, 7) is 7.17. The monoisotopic (exact) mass is 275 g/mol. The SMILES string of the molecule is C=CCNCC(=O)NCCNC(=O)c1ccc(C)cc1. The highest BCUT2D eigenvalue weighted by atomic mass is 16.2. The van der Waals surface area contributed by atoms with E-state index in [1.165, 1.54) is 0 Å². The summed E-state index contributed by atoms with van der Waals surface area (Å²) in [6.07, 6.45) is 1.69. The zero-order valence-corrected chi connectivity index (χ0v) is 11.7. The molecule has 5 heteroatoms. The van der Waals surface area contributed by atoms with E-state index < -0.39 is 0 Å². The highest BCUT2D eigenvalue weighted by Crippen LogP contribution is 2.02. The fraction of sp³-hybridized carbons (Fsp3) is 0.333. The maximum Gasteiger partial charge on any atom is 0.251 e. The third-order valence-electron chi connectivity index (χ3n) is 2.62. The molecule has 0 radical (unpaired) electrons. The van der Waals surface area contributed by atoms with Crippen LogP contribution in [0.3, 0.4) is 0 Å². The second-order valence-electron chi connectivity index (χ2n) is 4.39. The first-order chi connectivity index (χ1) is 9.63. The second kappa shape index (κ2) is 8.87. The number of hydrogen-bond donors (Lipinski definition) is 3. The van der Waals surface area contributed by atoms with Gasteiger partial charge in [-0.15, -0.1) is 6.58 Å². The predicted octanol–water partition coefficient (Wildman–Crippen LogP) is 0.617. The summed E-state index contributed by atoms with van der Waals surface area (Å²) in [5, 5.41) is 8.36. The summed E-state index contributed by atoms with van der Waals surface area (Å²) < 4.78 is 0. The Labute approximate surface area is 119 Å². The van der Waals surface area contributed by atoms with Crippen molar-refractivity contribution in [1.82, 2.24) is 16.0 Å². The molecule has 0 aliphatic rings. The molecule has 2 amide bonds. The van der Waals surface area contributed by atoms with Crippen LogP contribution in [0.5, 0.6) is 0 Å². The summed E-state index contributed by atoms with van der Waals surface area (Å²) in [4.78, 5) is 23.1. The molecular weight excluding hydrogens is 254 g/mol. The lowest BCUT2D eigenvalue weighted by Crippen LogP contribution is -2.38. The van der Waals surface area contributed by atoms with Gasteiger partial charge in [0.1, 0.15) is 0 Å². The molecule has 0 saturated heterocycles. The topological polar surface area (TPSA) is 70.2 Å². The van der Waals surface area contributed by atoms with E-state index in [9.17, 15) is 9.59 Å². The number of amides is 2. The number of carbonyl (C=O) groups excluding carboxylic acids is 2. The zero-order chi connectivity index (χ0) is 14.8. The van der Waals surface area contributed by atoms with Crippen molar-refractivity contribution in [3.63, 3.8) is 0 Å². The van der Waals surface area contributed by atoms with E-state index in [-0.39, 0.29) is 18.4 Å². The van der Waals surface area contributed by atoms with Gasteiger partial charge in [0.2, 0.25) is 5.91 Å². The quantitative estimate of drug-likeness (QED) is 0.481. The Balaban J connectivity index is 2.17. The first-order valence-electron chi connectivity index (χ1n) is 6.56. The van der Waals surface area contributed by atoms with Crippen molar-refractivity contribution < 1.29 is 9.59 Å². The smallest absolute Gasteiger partial charge is 0.251 e. The van der Waals surface area contributed by atoms with Crippen LogP contribution in [0.15, 0.2) is 36.9 Å². The highest BCUT2D eigenvalue weighted by Gasteiger charge is 2.04. The molecule has 1 aromatic rings. The van der Waals surface area contributed by atoms with Crippen LogP contribution in [0.4, 0.5) is 0 Å². The predicted molar refractivity (Wildman–Crippen MR) is 79.6 cm³/mol. The summed E-state index contributed by atoms with van der Waals surface area (Å²) in [5.41, 5.74) is 1.73. The van der Waals surface area contributed by atoms with Crippen molar-refractivity contribution in [3.8, 4) is 0 Å². The maximum atomic E-state index is 11.8. The van der Waals surface area contributed by atoms with Crippen LogP contribution >= 0.6 is 0 Å². The van der Waals surface area contributed by atoms with E-state index in [1.54, 1.807) is 18.2 Å². The van der Waals surface area contributed by atoms with Crippen molar-refractivity contribution in [2.75, 3.05) is 26.2 Å². The third kappa shape index (κ3) is 6.15. The average Bonchev–Trinajstić information content (AvgIpc) is 2.44. The van der Waals surface area contributed by atoms with E-state index in [0.29, 0.717) is 25.2 Å². The molecule has 0 heterocycles. The molecule has 0 bridgehead atoms.